The molecule has 21 heavy (non-hydrogen) atoms. The van der Waals surface area contributed by atoms with Crippen molar-refractivity contribution in [3.8, 4) is 0 Å². The Morgan fingerprint density at radius 1 is 1.43 bits per heavy atom. The van der Waals surface area contributed by atoms with Gasteiger partial charge < -0.3 is 14.1 Å². The molecular formula is C14H14ClNO4S. The van der Waals surface area contributed by atoms with Crippen LogP contribution in [0, 0.1) is 6.92 Å². The number of halogens is 1. The van der Waals surface area contributed by atoms with Gasteiger partial charge in [0.15, 0.2) is 0 Å². The van der Waals surface area contributed by atoms with Gasteiger partial charge in [-0.2, -0.15) is 0 Å². The van der Waals surface area contributed by atoms with Gasteiger partial charge in [0.05, 0.1) is 22.9 Å². The van der Waals surface area contributed by atoms with Crippen molar-refractivity contribution in [3.05, 3.63) is 44.5 Å². The van der Waals surface area contributed by atoms with Gasteiger partial charge in [0, 0.05) is 7.05 Å². The summed E-state index contributed by atoms with van der Waals surface area (Å²) < 4.78 is 10.7. The maximum absolute atomic E-state index is 12.2. The molecule has 2 rings (SSSR count). The quantitative estimate of drug-likeness (QED) is 0.808. The number of thiophene rings is 1. The highest BCUT2D eigenvalue weighted by Crippen LogP contribution is 2.23. The normalized spacial score (nSPS) is 10.5. The lowest BCUT2D eigenvalue weighted by atomic mass is 10.2. The van der Waals surface area contributed by atoms with Gasteiger partial charge in [0.2, 0.25) is 0 Å². The standard InChI is InChI=1S/C14H14ClNO4S/c1-8-10(14(18)19-3)6-9(20-8)7-16(2)13(17)11-4-5-12(15)21-11/h4-6H,7H2,1-3H3. The first-order valence-electron chi connectivity index (χ1n) is 6.10. The van der Waals surface area contributed by atoms with Gasteiger partial charge >= 0.3 is 5.97 Å². The molecule has 0 aromatic carbocycles. The summed E-state index contributed by atoms with van der Waals surface area (Å²) in [4.78, 5) is 25.8. The largest absolute Gasteiger partial charge is 0.465 e. The van der Waals surface area contributed by atoms with E-state index >= 15 is 0 Å². The number of nitrogens with zero attached hydrogens (tertiary/aromatic N) is 1. The second-order valence-corrected chi connectivity index (χ2v) is 6.15. The molecule has 7 heteroatoms. The lowest BCUT2D eigenvalue weighted by Crippen LogP contribution is -2.25. The predicted molar refractivity (Wildman–Crippen MR) is 79.9 cm³/mol. The predicted octanol–water partition coefficient (Wildman–Crippen LogP) is 3.36. The van der Waals surface area contributed by atoms with Crippen LogP contribution >= 0.6 is 22.9 Å². The van der Waals surface area contributed by atoms with Crippen LogP contribution in [-0.4, -0.2) is 30.9 Å². The van der Waals surface area contributed by atoms with Crippen LogP contribution in [-0.2, 0) is 11.3 Å². The number of hydrogen-bond acceptors (Lipinski definition) is 5. The molecule has 0 saturated heterocycles. The van der Waals surface area contributed by atoms with E-state index in [1.807, 2.05) is 0 Å². The van der Waals surface area contributed by atoms with Gasteiger partial charge in [-0.05, 0) is 25.1 Å². The van der Waals surface area contributed by atoms with E-state index in [9.17, 15) is 9.59 Å². The molecule has 0 aliphatic rings. The van der Waals surface area contributed by atoms with E-state index in [1.165, 1.54) is 23.3 Å². The molecule has 0 saturated carbocycles. The molecule has 2 aromatic heterocycles. The van der Waals surface area contributed by atoms with Crippen molar-refractivity contribution < 1.29 is 18.7 Å². The first kappa shape index (κ1) is 15.6. The highest BCUT2D eigenvalue weighted by molar-refractivity contribution is 7.17. The number of furan rings is 1. The molecule has 0 N–H and O–H groups in total. The fourth-order valence-corrected chi connectivity index (χ4v) is 2.89. The van der Waals surface area contributed by atoms with Crippen LogP contribution in [0.1, 0.15) is 31.6 Å². The van der Waals surface area contributed by atoms with Crippen molar-refractivity contribution in [3.63, 3.8) is 0 Å². The number of esters is 1. The summed E-state index contributed by atoms with van der Waals surface area (Å²) in [6, 6.07) is 4.95. The Kier molecular flexibility index (Phi) is 4.69. The minimum Gasteiger partial charge on any atom is -0.465 e. The Morgan fingerprint density at radius 3 is 2.71 bits per heavy atom. The third-order valence-corrected chi connectivity index (χ3v) is 4.12. The highest BCUT2D eigenvalue weighted by Gasteiger charge is 2.19. The molecule has 0 aliphatic carbocycles. The summed E-state index contributed by atoms with van der Waals surface area (Å²) in [6.45, 7) is 1.93. The Hall–Kier alpha value is -1.79. The van der Waals surface area contributed by atoms with Crippen LogP contribution in [0.25, 0.3) is 0 Å². The fourth-order valence-electron chi connectivity index (χ4n) is 1.86. The van der Waals surface area contributed by atoms with E-state index in [0.29, 0.717) is 26.3 Å². The summed E-state index contributed by atoms with van der Waals surface area (Å²) in [7, 11) is 2.97. The molecule has 2 aromatic rings. The van der Waals surface area contributed by atoms with E-state index < -0.39 is 5.97 Å². The van der Waals surface area contributed by atoms with Crippen molar-refractivity contribution in [1.29, 1.82) is 0 Å². The molecular weight excluding hydrogens is 314 g/mol. The molecule has 5 nitrogen and oxygen atoms in total. The zero-order valence-corrected chi connectivity index (χ0v) is 13.4. The van der Waals surface area contributed by atoms with Crippen LogP contribution in [0.5, 0.6) is 0 Å². The number of rotatable bonds is 4. The van der Waals surface area contributed by atoms with Crippen LogP contribution in [0.3, 0.4) is 0 Å². The van der Waals surface area contributed by atoms with Gasteiger partial charge in [0.25, 0.3) is 5.91 Å². The minimum absolute atomic E-state index is 0.152. The van der Waals surface area contributed by atoms with E-state index in [1.54, 1.807) is 32.2 Å². The topological polar surface area (TPSA) is 59.8 Å². The number of amides is 1. The molecule has 0 radical (unpaired) electrons. The average Bonchev–Trinajstić information content (AvgIpc) is 3.03. The number of carbonyl (C=O) groups excluding carboxylic acids is 2. The van der Waals surface area contributed by atoms with Crippen LogP contribution in [0.15, 0.2) is 22.6 Å². The number of ether oxygens (including phenoxy) is 1. The van der Waals surface area contributed by atoms with E-state index in [2.05, 4.69) is 4.74 Å². The van der Waals surface area contributed by atoms with Crippen molar-refractivity contribution in [2.24, 2.45) is 0 Å². The second kappa shape index (κ2) is 6.32. The van der Waals surface area contributed by atoms with E-state index in [0.717, 1.165) is 0 Å². The lowest BCUT2D eigenvalue weighted by Gasteiger charge is -2.14. The first-order valence-corrected chi connectivity index (χ1v) is 7.30. The smallest absolute Gasteiger partial charge is 0.341 e. The molecule has 0 fully saturated rings. The van der Waals surface area contributed by atoms with Crippen molar-refractivity contribution >= 4 is 34.8 Å². The summed E-state index contributed by atoms with van der Waals surface area (Å²) in [5, 5.41) is 0. The number of methoxy groups -OCH3 is 1. The molecule has 0 unspecified atom stereocenters. The summed E-state index contributed by atoms with van der Waals surface area (Å²) >= 11 is 7.04. The lowest BCUT2D eigenvalue weighted by molar-refractivity contribution is 0.0598. The van der Waals surface area contributed by atoms with Gasteiger partial charge in [-0.3, -0.25) is 4.79 Å². The monoisotopic (exact) mass is 327 g/mol. The molecule has 0 atom stereocenters. The fraction of sp³-hybridized carbons (Fsp3) is 0.286. The zero-order valence-electron chi connectivity index (χ0n) is 11.8. The van der Waals surface area contributed by atoms with Gasteiger partial charge in [-0.25, -0.2) is 4.79 Å². The molecule has 0 spiro atoms. The van der Waals surface area contributed by atoms with Gasteiger partial charge in [-0.15, -0.1) is 11.3 Å². The molecule has 1 amide bonds. The third-order valence-electron chi connectivity index (χ3n) is 2.90. The summed E-state index contributed by atoms with van der Waals surface area (Å²) in [5.74, 6) is 0.380. The molecule has 2 heterocycles. The Bertz CT molecular complexity index is 676. The second-order valence-electron chi connectivity index (χ2n) is 4.44. The van der Waals surface area contributed by atoms with Crippen LogP contribution in [0.2, 0.25) is 4.34 Å². The number of hydrogen-bond donors (Lipinski definition) is 0. The van der Waals surface area contributed by atoms with Crippen LogP contribution in [0.4, 0.5) is 0 Å². The Labute approximate surface area is 131 Å². The van der Waals surface area contributed by atoms with Crippen LogP contribution < -0.4 is 0 Å². The first-order chi connectivity index (χ1) is 9.92. The zero-order chi connectivity index (χ0) is 15.6. The highest BCUT2D eigenvalue weighted by atomic mass is 35.5. The Balaban J connectivity index is 2.11. The minimum atomic E-state index is -0.457. The van der Waals surface area contributed by atoms with Crippen molar-refractivity contribution in [1.82, 2.24) is 4.90 Å². The number of carbonyl (C=O) groups is 2. The Morgan fingerprint density at radius 2 is 2.14 bits per heavy atom. The summed E-state index contributed by atoms with van der Waals surface area (Å²) in [6.07, 6.45) is 0. The summed E-state index contributed by atoms with van der Waals surface area (Å²) in [5.41, 5.74) is 0.368. The van der Waals surface area contributed by atoms with E-state index in [-0.39, 0.29) is 12.5 Å². The van der Waals surface area contributed by atoms with Gasteiger partial charge in [-0.1, -0.05) is 11.6 Å². The average molecular weight is 328 g/mol. The maximum Gasteiger partial charge on any atom is 0.341 e. The molecule has 0 bridgehead atoms. The SMILES string of the molecule is COC(=O)c1cc(CN(C)C(=O)c2ccc(Cl)s2)oc1C. The molecule has 0 aliphatic heterocycles. The van der Waals surface area contributed by atoms with E-state index in [4.69, 9.17) is 16.0 Å². The van der Waals surface area contributed by atoms with Gasteiger partial charge in [0.1, 0.15) is 17.1 Å². The van der Waals surface area contributed by atoms with Crippen molar-refractivity contribution in [2.45, 2.75) is 13.5 Å². The van der Waals surface area contributed by atoms with Crippen molar-refractivity contribution in [2.75, 3.05) is 14.2 Å². The maximum atomic E-state index is 12.2. The molecule has 112 valence electrons. The number of aryl methyl sites for hydroxylation is 1. The third kappa shape index (κ3) is 3.46.